The van der Waals surface area contributed by atoms with Crippen LogP contribution in [0.2, 0.25) is 5.02 Å². The summed E-state index contributed by atoms with van der Waals surface area (Å²) in [4.78, 5) is 12.7. The van der Waals surface area contributed by atoms with Crippen molar-refractivity contribution in [3.8, 4) is 0 Å². The molecule has 0 aliphatic heterocycles. The summed E-state index contributed by atoms with van der Waals surface area (Å²) in [6.07, 6.45) is 0.772. The average molecular weight is 226 g/mol. The molecule has 15 heavy (non-hydrogen) atoms. The van der Waals surface area contributed by atoms with Crippen molar-refractivity contribution in [1.29, 1.82) is 0 Å². The molecule has 0 aromatic heterocycles. The normalized spacial score (nSPS) is 10.5. The first-order valence-corrected chi connectivity index (χ1v) is 5.38. The van der Waals surface area contributed by atoms with Crippen molar-refractivity contribution >= 4 is 23.6 Å². The molecule has 82 valence electrons. The quantitative estimate of drug-likeness (QED) is 0.734. The van der Waals surface area contributed by atoms with Crippen LogP contribution in [0.25, 0.3) is 0 Å². The molecule has 0 bridgehead atoms. The fourth-order valence-electron chi connectivity index (χ4n) is 1.50. The zero-order valence-corrected chi connectivity index (χ0v) is 10.1. The topological polar surface area (TPSA) is 20.3 Å². The molecule has 1 aromatic carbocycles. The van der Waals surface area contributed by atoms with Crippen LogP contribution in [0.5, 0.6) is 0 Å². The minimum absolute atomic E-state index is 0.512. The minimum Gasteiger partial charge on any atom is -0.374 e. The fourth-order valence-corrected chi connectivity index (χ4v) is 1.72. The highest BCUT2D eigenvalue weighted by atomic mass is 35.5. The maximum Gasteiger partial charge on any atom is 0.151 e. The number of rotatable bonds is 4. The first-order chi connectivity index (χ1) is 7.04. The Labute approximate surface area is 95.8 Å². The number of aldehydes is 1. The van der Waals surface area contributed by atoms with E-state index in [-0.39, 0.29) is 0 Å². The molecule has 0 atom stereocenters. The lowest BCUT2D eigenvalue weighted by Gasteiger charge is -2.21. The Balaban J connectivity index is 2.87. The number of hydrogen-bond acceptors (Lipinski definition) is 2. The standard InChI is InChI=1S/C12H16ClNO/c1-9(2)7-14(3)11-5-4-10(8-15)12(13)6-11/h4-6,8-9H,7H2,1-3H3. The number of benzene rings is 1. The van der Waals surface area contributed by atoms with E-state index in [4.69, 9.17) is 11.6 Å². The van der Waals surface area contributed by atoms with Crippen LogP contribution in [0.15, 0.2) is 18.2 Å². The predicted molar refractivity (Wildman–Crippen MR) is 64.9 cm³/mol. The lowest BCUT2D eigenvalue weighted by Crippen LogP contribution is -2.22. The Bertz CT molecular complexity index is 349. The van der Waals surface area contributed by atoms with Crippen molar-refractivity contribution in [3.05, 3.63) is 28.8 Å². The third-order valence-electron chi connectivity index (χ3n) is 2.19. The van der Waals surface area contributed by atoms with E-state index in [0.29, 0.717) is 16.5 Å². The van der Waals surface area contributed by atoms with Gasteiger partial charge >= 0.3 is 0 Å². The van der Waals surface area contributed by atoms with Gasteiger partial charge < -0.3 is 4.90 Å². The molecule has 2 nitrogen and oxygen atoms in total. The summed E-state index contributed by atoms with van der Waals surface area (Å²) in [6.45, 7) is 5.30. The van der Waals surface area contributed by atoms with E-state index >= 15 is 0 Å². The molecule has 1 rings (SSSR count). The van der Waals surface area contributed by atoms with Crippen molar-refractivity contribution in [2.75, 3.05) is 18.5 Å². The van der Waals surface area contributed by atoms with Gasteiger partial charge in [0.1, 0.15) is 0 Å². The van der Waals surface area contributed by atoms with Gasteiger partial charge in [0.25, 0.3) is 0 Å². The van der Waals surface area contributed by atoms with E-state index in [9.17, 15) is 4.79 Å². The Morgan fingerprint density at radius 3 is 2.60 bits per heavy atom. The van der Waals surface area contributed by atoms with Gasteiger partial charge in [-0.15, -0.1) is 0 Å². The van der Waals surface area contributed by atoms with E-state index in [1.54, 1.807) is 6.07 Å². The van der Waals surface area contributed by atoms with Crippen LogP contribution in [0.1, 0.15) is 24.2 Å². The van der Waals surface area contributed by atoms with Crippen molar-refractivity contribution in [1.82, 2.24) is 0 Å². The second-order valence-corrected chi connectivity index (χ2v) is 4.51. The van der Waals surface area contributed by atoms with E-state index in [0.717, 1.165) is 18.5 Å². The summed E-state index contributed by atoms with van der Waals surface area (Å²) in [7, 11) is 2.02. The zero-order chi connectivity index (χ0) is 11.4. The van der Waals surface area contributed by atoms with E-state index < -0.39 is 0 Å². The molecule has 3 heteroatoms. The van der Waals surface area contributed by atoms with Gasteiger partial charge in [-0.2, -0.15) is 0 Å². The van der Waals surface area contributed by atoms with Gasteiger partial charge in [0.2, 0.25) is 0 Å². The predicted octanol–water partition coefficient (Wildman–Crippen LogP) is 3.24. The zero-order valence-electron chi connectivity index (χ0n) is 9.33. The van der Waals surface area contributed by atoms with Crippen molar-refractivity contribution in [3.63, 3.8) is 0 Å². The molecule has 0 aliphatic rings. The van der Waals surface area contributed by atoms with Gasteiger partial charge in [0, 0.05) is 24.8 Å². The molecule has 0 amide bonds. The minimum atomic E-state index is 0.512. The summed E-state index contributed by atoms with van der Waals surface area (Å²) in [5, 5.41) is 0.512. The lowest BCUT2D eigenvalue weighted by molar-refractivity contribution is 0.112. The molecule has 0 N–H and O–H groups in total. The van der Waals surface area contributed by atoms with E-state index in [2.05, 4.69) is 18.7 Å². The molecule has 0 aliphatic carbocycles. The number of hydrogen-bond donors (Lipinski definition) is 0. The maximum absolute atomic E-state index is 10.6. The molecule has 0 spiro atoms. The van der Waals surface area contributed by atoms with Crippen LogP contribution < -0.4 is 4.90 Å². The lowest BCUT2D eigenvalue weighted by atomic mass is 10.1. The van der Waals surface area contributed by atoms with Gasteiger partial charge in [0.05, 0.1) is 5.02 Å². The SMILES string of the molecule is CC(C)CN(C)c1ccc(C=O)c(Cl)c1. The Kier molecular flexibility index (Phi) is 4.15. The van der Waals surface area contributed by atoms with Crippen LogP contribution in [-0.2, 0) is 0 Å². The summed E-state index contributed by atoms with van der Waals surface area (Å²) < 4.78 is 0. The largest absolute Gasteiger partial charge is 0.374 e. The van der Waals surface area contributed by atoms with E-state index in [1.165, 1.54) is 0 Å². The summed E-state index contributed by atoms with van der Waals surface area (Å²) >= 11 is 5.95. The monoisotopic (exact) mass is 225 g/mol. The molecule has 0 saturated heterocycles. The number of halogens is 1. The Morgan fingerprint density at radius 1 is 1.47 bits per heavy atom. The molecule has 1 aromatic rings. The highest BCUT2D eigenvalue weighted by Gasteiger charge is 2.06. The summed E-state index contributed by atoms with van der Waals surface area (Å²) in [5.41, 5.74) is 1.58. The van der Waals surface area contributed by atoms with Crippen LogP contribution in [0, 0.1) is 5.92 Å². The first kappa shape index (κ1) is 12.1. The summed E-state index contributed by atoms with van der Waals surface area (Å²) in [6, 6.07) is 5.49. The molecule has 0 heterocycles. The number of carbonyl (C=O) groups is 1. The highest BCUT2D eigenvalue weighted by molar-refractivity contribution is 6.33. The summed E-state index contributed by atoms with van der Waals surface area (Å²) in [5.74, 6) is 0.597. The molecule has 0 radical (unpaired) electrons. The third-order valence-corrected chi connectivity index (χ3v) is 2.52. The van der Waals surface area contributed by atoms with Gasteiger partial charge in [-0.1, -0.05) is 25.4 Å². The average Bonchev–Trinajstić information content (AvgIpc) is 2.16. The van der Waals surface area contributed by atoms with Gasteiger partial charge in [-0.3, -0.25) is 4.79 Å². The van der Waals surface area contributed by atoms with E-state index in [1.807, 2.05) is 19.2 Å². The Morgan fingerprint density at radius 2 is 2.13 bits per heavy atom. The van der Waals surface area contributed by atoms with Gasteiger partial charge in [0.15, 0.2) is 6.29 Å². The van der Waals surface area contributed by atoms with Crippen molar-refractivity contribution in [2.24, 2.45) is 5.92 Å². The number of nitrogens with zero attached hydrogens (tertiary/aromatic N) is 1. The number of carbonyl (C=O) groups excluding carboxylic acids is 1. The third kappa shape index (κ3) is 3.24. The van der Waals surface area contributed by atoms with Crippen LogP contribution in [-0.4, -0.2) is 19.9 Å². The second kappa shape index (κ2) is 5.17. The van der Waals surface area contributed by atoms with Gasteiger partial charge in [-0.05, 0) is 24.1 Å². The second-order valence-electron chi connectivity index (χ2n) is 4.10. The number of anilines is 1. The van der Waals surface area contributed by atoms with Crippen LogP contribution in [0.4, 0.5) is 5.69 Å². The molecule has 0 saturated carbocycles. The van der Waals surface area contributed by atoms with Crippen molar-refractivity contribution < 1.29 is 4.79 Å². The maximum atomic E-state index is 10.6. The van der Waals surface area contributed by atoms with Crippen LogP contribution in [0.3, 0.4) is 0 Å². The molecular formula is C12H16ClNO. The van der Waals surface area contributed by atoms with Crippen molar-refractivity contribution in [2.45, 2.75) is 13.8 Å². The van der Waals surface area contributed by atoms with Gasteiger partial charge in [-0.25, -0.2) is 0 Å². The molecule has 0 fully saturated rings. The fraction of sp³-hybridized carbons (Fsp3) is 0.417. The van der Waals surface area contributed by atoms with Crippen LogP contribution >= 0.6 is 11.6 Å². The molecule has 0 unspecified atom stereocenters. The smallest absolute Gasteiger partial charge is 0.151 e. The highest BCUT2D eigenvalue weighted by Crippen LogP contribution is 2.22. The Hall–Kier alpha value is -1.02. The first-order valence-electron chi connectivity index (χ1n) is 5.00. The molecular weight excluding hydrogens is 210 g/mol.